The monoisotopic (exact) mass is 575 g/mol. The Labute approximate surface area is 250 Å². The summed E-state index contributed by atoms with van der Waals surface area (Å²) in [6.07, 6.45) is 1.87. The number of nitrogens with zero attached hydrogens (tertiary/aromatic N) is 1. The highest BCUT2D eigenvalue weighted by Crippen LogP contribution is 2.33. The van der Waals surface area contributed by atoms with Gasteiger partial charge < -0.3 is 24.5 Å². The predicted molar refractivity (Wildman–Crippen MR) is 167 cm³/mol. The molecule has 0 saturated carbocycles. The minimum absolute atomic E-state index is 0.181. The number of furan rings is 1. The van der Waals surface area contributed by atoms with E-state index in [1.54, 1.807) is 50.6 Å². The molecule has 2 amide bonds. The number of anilines is 2. The molecule has 0 aliphatic carbocycles. The molecule has 0 unspecified atom stereocenters. The Morgan fingerprint density at radius 1 is 0.814 bits per heavy atom. The van der Waals surface area contributed by atoms with Crippen LogP contribution in [0.1, 0.15) is 37.6 Å². The van der Waals surface area contributed by atoms with Gasteiger partial charge in [-0.15, -0.1) is 0 Å². The van der Waals surface area contributed by atoms with Gasteiger partial charge in [0.05, 0.1) is 25.5 Å². The summed E-state index contributed by atoms with van der Waals surface area (Å²) >= 11 is 0. The van der Waals surface area contributed by atoms with E-state index in [0.29, 0.717) is 22.5 Å². The zero-order chi connectivity index (χ0) is 29.8. The summed E-state index contributed by atoms with van der Waals surface area (Å²) in [5, 5.41) is 6.61. The molecule has 0 radical (unpaired) electrons. The van der Waals surface area contributed by atoms with Gasteiger partial charge in [-0.1, -0.05) is 42.5 Å². The average molecular weight is 576 g/mol. The van der Waals surface area contributed by atoms with Gasteiger partial charge in [-0.25, -0.2) is 0 Å². The fraction of sp³-hybridized carbons (Fsp3) is 0.200. The first-order chi connectivity index (χ1) is 21.0. The van der Waals surface area contributed by atoms with Crippen molar-refractivity contribution >= 4 is 34.2 Å². The summed E-state index contributed by atoms with van der Waals surface area (Å²) in [6.45, 7) is 2.79. The lowest BCUT2D eigenvalue weighted by Crippen LogP contribution is -2.32. The van der Waals surface area contributed by atoms with E-state index in [1.165, 1.54) is 16.7 Å². The molecule has 1 aromatic heterocycles. The third kappa shape index (κ3) is 6.24. The molecule has 8 nitrogen and oxygen atoms in total. The van der Waals surface area contributed by atoms with E-state index in [4.69, 9.17) is 13.9 Å². The number of benzene rings is 4. The predicted octanol–water partition coefficient (Wildman–Crippen LogP) is 6.56. The van der Waals surface area contributed by atoms with Crippen molar-refractivity contribution in [3.05, 3.63) is 119 Å². The molecule has 1 aliphatic rings. The summed E-state index contributed by atoms with van der Waals surface area (Å²) in [7, 11) is 3.33. The third-order valence-corrected chi connectivity index (χ3v) is 7.79. The molecule has 8 heteroatoms. The number of para-hydroxylation sites is 2. The van der Waals surface area contributed by atoms with E-state index in [9.17, 15) is 9.59 Å². The number of hydrogen-bond acceptors (Lipinski definition) is 6. The number of hydrogen-bond donors (Lipinski definition) is 2. The number of nitrogens with one attached hydrogen (secondary N) is 2. The zero-order valence-electron chi connectivity index (χ0n) is 24.2. The lowest BCUT2D eigenvalue weighted by molar-refractivity contribution is 0.0998. The first-order valence-corrected chi connectivity index (χ1v) is 14.3. The number of carbonyl (C=O) groups is 2. The quantitative estimate of drug-likeness (QED) is 0.207. The van der Waals surface area contributed by atoms with Crippen molar-refractivity contribution in [2.45, 2.75) is 19.4 Å². The molecule has 6 rings (SSSR count). The normalized spacial score (nSPS) is 12.9. The second-order valence-corrected chi connectivity index (χ2v) is 10.6. The molecule has 218 valence electrons. The van der Waals surface area contributed by atoms with Crippen LogP contribution in [-0.4, -0.2) is 44.0 Å². The van der Waals surface area contributed by atoms with Crippen molar-refractivity contribution in [2.24, 2.45) is 0 Å². The fourth-order valence-corrected chi connectivity index (χ4v) is 5.44. The van der Waals surface area contributed by atoms with Crippen LogP contribution < -0.4 is 20.1 Å². The Morgan fingerprint density at radius 2 is 1.53 bits per heavy atom. The maximum atomic E-state index is 13.2. The van der Waals surface area contributed by atoms with E-state index in [1.807, 2.05) is 42.5 Å². The van der Waals surface area contributed by atoms with Gasteiger partial charge in [0.1, 0.15) is 5.58 Å². The van der Waals surface area contributed by atoms with Crippen molar-refractivity contribution in [2.75, 3.05) is 37.9 Å². The van der Waals surface area contributed by atoms with E-state index >= 15 is 0 Å². The number of fused-ring (bicyclic) bond motifs is 2. The molecule has 0 fully saturated rings. The Morgan fingerprint density at radius 3 is 2.30 bits per heavy atom. The Balaban J connectivity index is 1.05. The van der Waals surface area contributed by atoms with E-state index in [0.717, 1.165) is 49.4 Å². The summed E-state index contributed by atoms with van der Waals surface area (Å²) in [6, 6.07) is 28.1. The van der Waals surface area contributed by atoms with Gasteiger partial charge in [0, 0.05) is 30.7 Å². The topological polar surface area (TPSA) is 93.0 Å². The molecule has 0 saturated heterocycles. The fourth-order valence-electron chi connectivity index (χ4n) is 5.44. The maximum Gasteiger partial charge on any atom is 0.291 e. The largest absolute Gasteiger partial charge is 0.493 e. The van der Waals surface area contributed by atoms with Crippen molar-refractivity contribution in [3.8, 4) is 11.5 Å². The number of rotatable bonds is 9. The highest BCUT2D eigenvalue weighted by atomic mass is 16.5. The van der Waals surface area contributed by atoms with Crippen LogP contribution in [0, 0.1) is 0 Å². The Hall–Kier alpha value is -5.08. The van der Waals surface area contributed by atoms with Gasteiger partial charge in [0.25, 0.3) is 11.8 Å². The second-order valence-electron chi connectivity index (χ2n) is 10.6. The summed E-state index contributed by atoms with van der Waals surface area (Å²) < 4.78 is 16.6. The van der Waals surface area contributed by atoms with Gasteiger partial charge in [-0.05, 0) is 78.1 Å². The lowest BCUT2D eigenvalue weighted by atomic mass is 9.98. The molecule has 2 heterocycles. The van der Waals surface area contributed by atoms with Crippen LogP contribution in [0.3, 0.4) is 0 Å². The van der Waals surface area contributed by atoms with Crippen LogP contribution in [-0.2, 0) is 19.4 Å². The third-order valence-electron chi connectivity index (χ3n) is 7.79. The van der Waals surface area contributed by atoms with Crippen LogP contribution in [0.5, 0.6) is 11.5 Å². The molecular weight excluding hydrogens is 542 g/mol. The number of carbonyl (C=O) groups excluding carboxylic acids is 2. The minimum atomic E-state index is -0.420. The van der Waals surface area contributed by atoms with Gasteiger partial charge >= 0.3 is 0 Å². The molecule has 4 aromatic carbocycles. The van der Waals surface area contributed by atoms with E-state index in [-0.39, 0.29) is 11.7 Å². The van der Waals surface area contributed by atoms with Crippen molar-refractivity contribution in [3.63, 3.8) is 0 Å². The highest BCUT2D eigenvalue weighted by molar-refractivity contribution is 6.12. The zero-order valence-corrected chi connectivity index (χ0v) is 24.2. The van der Waals surface area contributed by atoms with Crippen LogP contribution in [0.2, 0.25) is 0 Å². The summed E-state index contributed by atoms with van der Waals surface area (Å²) in [5.41, 5.74) is 5.84. The van der Waals surface area contributed by atoms with Gasteiger partial charge in [-0.2, -0.15) is 0 Å². The Bertz CT molecular complexity index is 1740. The molecule has 5 aromatic rings. The van der Waals surface area contributed by atoms with Crippen LogP contribution in [0.15, 0.2) is 95.4 Å². The molecule has 0 atom stereocenters. The standard InChI is InChI=1S/C35H33N3O5/c1-41-31-19-24-16-18-38(22-26(24)21-32(31)42-2)17-15-23-11-13-27(14-12-23)36-34(39)28-8-4-5-9-29(28)37-35(40)33-20-25-7-3-6-10-30(25)43-33/h3-14,19-21H,15-18,22H2,1-2H3,(H,36,39)(H,37,40). The Kier molecular flexibility index (Phi) is 8.11. The summed E-state index contributed by atoms with van der Waals surface area (Å²) in [4.78, 5) is 28.5. The van der Waals surface area contributed by atoms with Crippen LogP contribution in [0.25, 0.3) is 11.0 Å². The SMILES string of the molecule is COc1cc2c(cc1OC)CN(CCc1ccc(NC(=O)c3ccccc3NC(=O)c3cc4ccccc4o3)cc1)CC2. The van der Waals surface area contributed by atoms with Gasteiger partial charge in [0.2, 0.25) is 0 Å². The van der Waals surface area contributed by atoms with Gasteiger partial charge in [0.15, 0.2) is 17.3 Å². The first kappa shape index (κ1) is 28.1. The molecular formula is C35H33N3O5. The number of methoxy groups -OCH3 is 2. The van der Waals surface area contributed by atoms with Crippen molar-refractivity contribution in [1.82, 2.24) is 4.90 Å². The maximum absolute atomic E-state index is 13.2. The average Bonchev–Trinajstić information content (AvgIpc) is 3.49. The number of ether oxygens (including phenoxy) is 2. The first-order valence-electron chi connectivity index (χ1n) is 14.3. The molecule has 0 spiro atoms. The van der Waals surface area contributed by atoms with Crippen molar-refractivity contribution < 1.29 is 23.5 Å². The molecule has 43 heavy (non-hydrogen) atoms. The van der Waals surface area contributed by atoms with E-state index < -0.39 is 5.91 Å². The van der Waals surface area contributed by atoms with Crippen LogP contribution in [0.4, 0.5) is 11.4 Å². The molecule has 1 aliphatic heterocycles. The van der Waals surface area contributed by atoms with E-state index in [2.05, 4.69) is 27.7 Å². The summed E-state index contributed by atoms with van der Waals surface area (Å²) in [5.74, 6) is 0.986. The second kappa shape index (κ2) is 12.4. The molecule has 0 bridgehead atoms. The van der Waals surface area contributed by atoms with Crippen molar-refractivity contribution in [1.29, 1.82) is 0 Å². The minimum Gasteiger partial charge on any atom is -0.493 e. The van der Waals surface area contributed by atoms with Crippen LogP contribution >= 0.6 is 0 Å². The highest BCUT2D eigenvalue weighted by Gasteiger charge is 2.20. The molecule has 2 N–H and O–H groups in total. The lowest BCUT2D eigenvalue weighted by Gasteiger charge is -2.29. The smallest absolute Gasteiger partial charge is 0.291 e. The van der Waals surface area contributed by atoms with Gasteiger partial charge in [-0.3, -0.25) is 14.5 Å². The number of amides is 2.